The number of carbonyl (C=O) groups is 1. The zero-order valence-corrected chi connectivity index (χ0v) is 11.2. The van der Waals surface area contributed by atoms with E-state index in [2.05, 4.69) is 9.50 Å². The highest BCUT2D eigenvalue weighted by Crippen LogP contribution is 2.21. The van der Waals surface area contributed by atoms with Gasteiger partial charge in [0.25, 0.3) is 0 Å². The lowest BCUT2D eigenvalue weighted by atomic mass is 9.93. The fraction of sp³-hybridized carbons (Fsp3) is 0.889. The molecule has 1 heterocycles. The van der Waals surface area contributed by atoms with Crippen LogP contribution in [0, 0.1) is 0 Å². The van der Waals surface area contributed by atoms with Gasteiger partial charge in [0, 0.05) is 6.92 Å². The Morgan fingerprint density at radius 1 is 1.37 bits per heavy atom. The number of rotatable bonds is 4. The van der Waals surface area contributed by atoms with Crippen LogP contribution >= 0.6 is 0 Å². The van der Waals surface area contributed by atoms with E-state index in [0.717, 1.165) is 0 Å². The van der Waals surface area contributed by atoms with Crippen molar-refractivity contribution in [3.05, 3.63) is 0 Å². The van der Waals surface area contributed by atoms with Gasteiger partial charge < -0.3 is 20.3 Å². The summed E-state index contributed by atoms with van der Waals surface area (Å²) in [5.74, 6) is -0.403. The third-order valence-corrected chi connectivity index (χ3v) is 3.18. The third-order valence-electron chi connectivity index (χ3n) is 2.75. The molecule has 0 bridgehead atoms. The van der Waals surface area contributed by atoms with Gasteiger partial charge in [-0.2, -0.15) is 8.42 Å². The summed E-state index contributed by atoms with van der Waals surface area (Å²) in [6, 6.07) is -0.825. The Morgan fingerprint density at radius 3 is 2.42 bits per heavy atom. The Bertz CT molecular complexity index is 424. The van der Waals surface area contributed by atoms with Crippen molar-refractivity contribution in [2.45, 2.75) is 44.3 Å². The lowest BCUT2D eigenvalue weighted by Gasteiger charge is -2.41. The van der Waals surface area contributed by atoms with Gasteiger partial charge in [0.2, 0.25) is 5.91 Å². The molecule has 112 valence electrons. The molecule has 0 aromatic carbocycles. The normalized spacial score (nSPS) is 35.9. The van der Waals surface area contributed by atoms with Crippen LogP contribution in [0.1, 0.15) is 13.8 Å². The quantitative estimate of drug-likeness (QED) is 0.429. The average Bonchev–Trinajstić information content (AvgIpc) is 2.26. The molecule has 0 aromatic heterocycles. The largest absolute Gasteiger partial charge is 0.397 e. The molecule has 0 radical (unpaired) electrons. The molecule has 0 aromatic rings. The van der Waals surface area contributed by atoms with Crippen molar-refractivity contribution >= 4 is 16.3 Å². The van der Waals surface area contributed by atoms with Crippen LogP contribution in [-0.4, -0.2) is 66.2 Å². The number of aliphatic hydroxyl groups excluding tert-OH is 2. The van der Waals surface area contributed by atoms with E-state index in [9.17, 15) is 23.4 Å². The van der Waals surface area contributed by atoms with Crippen LogP contribution in [0.2, 0.25) is 0 Å². The van der Waals surface area contributed by atoms with E-state index in [-0.39, 0.29) is 0 Å². The summed E-state index contributed by atoms with van der Waals surface area (Å²) < 4.78 is 38.6. The van der Waals surface area contributed by atoms with E-state index < -0.39 is 53.4 Å². The van der Waals surface area contributed by atoms with E-state index >= 15 is 0 Å². The van der Waals surface area contributed by atoms with Crippen LogP contribution in [0.5, 0.6) is 0 Å². The average molecular weight is 299 g/mol. The number of amides is 1. The summed E-state index contributed by atoms with van der Waals surface area (Å²) in [4.78, 5) is 11.0. The second-order valence-electron chi connectivity index (χ2n) is 4.30. The molecule has 5 unspecified atom stereocenters. The lowest BCUT2D eigenvalue weighted by molar-refractivity contribution is -0.188. The summed E-state index contributed by atoms with van der Waals surface area (Å²) in [6.07, 6.45) is -4.62. The summed E-state index contributed by atoms with van der Waals surface area (Å²) in [7, 11) is -4.66. The van der Waals surface area contributed by atoms with Crippen LogP contribution in [0.4, 0.5) is 0 Å². The number of hydrogen-bond donors (Lipinski definition) is 4. The summed E-state index contributed by atoms with van der Waals surface area (Å²) in [6.45, 7) is 2.14. The highest BCUT2D eigenvalue weighted by Gasteiger charge is 2.43. The van der Waals surface area contributed by atoms with Gasteiger partial charge in [0.05, 0.1) is 18.8 Å². The van der Waals surface area contributed by atoms with Crippen molar-refractivity contribution in [3.63, 3.8) is 0 Å². The Kier molecular flexibility index (Phi) is 5.24. The second kappa shape index (κ2) is 6.11. The standard InChI is InChI=1S/C9H17NO8S/c1-4-7(10-5(2)11)9(13)8(12)6(18-4)3-17-19(14,15)16/h4,6-9,12-13H,3H2,1-2H3,(H,10,11)(H,14,15,16). The van der Waals surface area contributed by atoms with Crippen molar-refractivity contribution < 1.29 is 36.9 Å². The van der Waals surface area contributed by atoms with Gasteiger partial charge in [0.1, 0.15) is 18.3 Å². The maximum Gasteiger partial charge on any atom is 0.397 e. The maximum absolute atomic E-state index is 11.0. The van der Waals surface area contributed by atoms with Gasteiger partial charge in [-0.15, -0.1) is 0 Å². The van der Waals surface area contributed by atoms with Gasteiger partial charge in [-0.25, -0.2) is 4.18 Å². The van der Waals surface area contributed by atoms with E-state index in [1.54, 1.807) is 0 Å². The first-order valence-electron chi connectivity index (χ1n) is 5.52. The highest BCUT2D eigenvalue weighted by atomic mass is 32.3. The molecule has 0 saturated carbocycles. The monoisotopic (exact) mass is 299 g/mol. The Morgan fingerprint density at radius 2 is 1.95 bits per heavy atom. The van der Waals surface area contributed by atoms with Crippen molar-refractivity contribution in [3.8, 4) is 0 Å². The van der Waals surface area contributed by atoms with Crippen molar-refractivity contribution in [2.24, 2.45) is 0 Å². The summed E-state index contributed by atoms with van der Waals surface area (Å²) in [5, 5.41) is 22.0. The molecule has 1 aliphatic rings. The summed E-state index contributed by atoms with van der Waals surface area (Å²) >= 11 is 0. The number of ether oxygens (including phenoxy) is 1. The number of nitrogens with one attached hydrogen (secondary N) is 1. The molecular weight excluding hydrogens is 282 g/mol. The Labute approximate surface area is 110 Å². The van der Waals surface area contributed by atoms with E-state index in [0.29, 0.717) is 0 Å². The minimum atomic E-state index is -4.66. The third kappa shape index (κ3) is 4.67. The molecule has 1 fully saturated rings. The van der Waals surface area contributed by atoms with Gasteiger partial charge in [-0.1, -0.05) is 0 Å². The van der Waals surface area contributed by atoms with Gasteiger partial charge in [0.15, 0.2) is 0 Å². The SMILES string of the molecule is CC(=O)NC1C(C)OC(COS(=O)(=O)O)C(O)C1O. The smallest absolute Gasteiger partial charge is 0.388 e. The zero-order chi connectivity index (χ0) is 14.8. The van der Waals surface area contributed by atoms with Crippen LogP contribution in [-0.2, 0) is 24.1 Å². The second-order valence-corrected chi connectivity index (χ2v) is 5.39. The maximum atomic E-state index is 11.0. The minimum Gasteiger partial charge on any atom is -0.388 e. The molecule has 1 saturated heterocycles. The molecule has 10 heteroatoms. The van der Waals surface area contributed by atoms with Crippen molar-refractivity contribution in [2.75, 3.05) is 6.61 Å². The van der Waals surface area contributed by atoms with Crippen LogP contribution in [0.15, 0.2) is 0 Å². The first kappa shape index (κ1) is 16.3. The molecule has 5 atom stereocenters. The van der Waals surface area contributed by atoms with E-state index in [1.807, 2.05) is 0 Å². The molecular formula is C9H17NO8S. The molecule has 0 spiro atoms. The first-order chi connectivity index (χ1) is 8.61. The van der Waals surface area contributed by atoms with Crippen LogP contribution < -0.4 is 5.32 Å². The van der Waals surface area contributed by atoms with Crippen molar-refractivity contribution in [1.82, 2.24) is 5.32 Å². The fourth-order valence-electron chi connectivity index (χ4n) is 1.88. The fourth-order valence-corrected chi connectivity index (χ4v) is 2.19. The number of carbonyl (C=O) groups excluding carboxylic acids is 1. The van der Waals surface area contributed by atoms with Gasteiger partial charge >= 0.3 is 10.4 Å². The Hall–Kier alpha value is -0.780. The lowest BCUT2D eigenvalue weighted by Crippen LogP contribution is -2.63. The molecule has 1 rings (SSSR count). The first-order valence-corrected chi connectivity index (χ1v) is 6.89. The number of hydrogen-bond acceptors (Lipinski definition) is 7. The minimum absolute atomic E-state index is 0.403. The van der Waals surface area contributed by atoms with Crippen LogP contribution in [0.3, 0.4) is 0 Å². The molecule has 9 nitrogen and oxygen atoms in total. The van der Waals surface area contributed by atoms with Crippen LogP contribution in [0.25, 0.3) is 0 Å². The van der Waals surface area contributed by atoms with E-state index in [1.165, 1.54) is 13.8 Å². The predicted octanol–water partition coefficient (Wildman–Crippen LogP) is -2.18. The molecule has 4 N–H and O–H groups in total. The van der Waals surface area contributed by atoms with Gasteiger partial charge in [-0.3, -0.25) is 9.35 Å². The topological polar surface area (TPSA) is 142 Å². The number of aliphatic hydroxyl groups is 2. The van der Waals surface area contributed by atoms with Gasteiger partial charge in [-0.05, 0) is 6.92 Å². The molecule has 1 amide bonds. The Balaban J connectivity index is 2.69. The predicted molar refractivity (Wildman–Crippen MR) is 61.5 cm³/mol. The highest BCUT2D eigenvalue weighted by molar-refractivity contribution is 7.80. The zero-order valence-electron chi connectivity index (χ0n) is 10.4. The molecule has 0 aliphatic carbocycles. The van der Waals surface area contributed by atoms with E-state index in [4.69, 9.17) is 9.29 Å². The molecule has 1 aliphatic heterocycles. The summed E-state index contributed by atoms with van der Waals surface area (Å²) in [5.41, 5.74) is 0. The van der Waals surface area contributed by atoms with Crippen molar-refractivity contribution in [1.29, 1.82) is 0 Å². The molecule has 19 heavy (non-hydrogen) atoms.